The van der Waals surface area contributed by atoms with E-state index in [4.69, 9.17) is 0 Å². The van der Waals surface area contributed by atoms with Crippen LogP contribution < -0.4 is 4.90 Å². The zero-order chi connectivity index (χ0) is 28.4. The van der Waals surface area contributed by atoms with Gasteiger partial charge in [-0.15, -0.1) is 0 Å². The van der Waals surface area contributed by atoms with Crippen molar-refractivity contribution in [1.29, 1.82) is 0 Å². The van der Waals surface area contributed by atoms with Crippen LogP contribution in [0.5, 0.6) is 0 Å². The molecule has 3 nitrogen and oxygen atoms in total. The molecule has 3 heteroatoms. The molecule has 1 amide bonds. The lowest BCUT2D eigenvalue weighted by Gasteiger charge is -2.42. The number of carbonyl (C=O) groups is 1. The summed E-state index contributed by atoms with van der Waals surface area (Å²) in [5.41, 5.74) is 5.00. The Morgan fingerprint density at radius 2 is 1.02 bits per heavy atom. The van der Waals surface area contributed by atoms with Gasteiger partial charge in [-0.2, -0.15) is 0 Å². The van der Waals surface area contributed by atoms with E-state index in [9.17, 15) is 9.90 Å². The van der Waals surface area contributed by atoms with Crippen LogP contribution in [0.25, 0.3) is 54.6 Å². The van der Waals surface area contributed by atoms with Gasteiger partial charge in [-0.05, 0) is 74.3 Å². The molecule has 0 fully saturated rings. The SMILES string of the molecule is CC1(O)c2cccc3c(-c4c5ccccc5c(-c5ccccc5)c5ccccc45)ccc(c23)C(=O)N1c1ccccc1. The number of aliphatic hydroxyl groups is 1. The van der Waals surface area contributed by atoms with Gasteiger partial charge in [-0.1, -0.05) is 121 Å². The Labute approximate surface area is 243 Å². The fourth-order valence-corrected chi connectivity index (χ4v) is 6.92. The predicted molar refractivity (Wildman–Crippen MR) is 173 cm³/mol. The van der Waals surface area contributed by atoms with Gasteiger partial charge in [0.2, 0.25) is 0 Å². The molecule has 7 aromatic carbocycles. The Morgan fingerprint density at radius 1 is 0.524 bits per heavy atom. The van der Waals surface area contributed by atoms with Gasteiger partial charge in [0.25, 0.3) is 5.91 Å². The summed E-state index contributed by atoms with van der Waals surface area (Å²) in [4.78, 5) is 15.6. The van der Waals surface area contributed by atoms with Gasteiger partial charge in [-0.3, -0.25) is 9.69 Å². The highest BCUT2D eigenvalue weighted by Crippen LogP contribution is 2.48. The highest BCUT2D eigenvalue weighted by molar-refractivity contribution is 6.26. The largest absolute Gasteiger partial charge is 0.367 e. The third-order valence-corrected chi connectivity index (χ3v) is 8.70. The summed E-state index contributed by atoms with van der Waals surface area (Å²) >= 11 is 0. The number of hydrogen-bond donors (Lipinski definition) is 1. The van der Waals surface area contributed by atoms with Crippen molar-refractivity contribution in [2.24, 2.45) is 0 Å². The van der Waals surface area contributed by atoms with Gasteiger partial charge >= 0.3 is 0 Å². The Kier molecular flexibility index (Phi) is 5.34. The molecule has 0 saturated carbocycles. The maximum atomic E-state index is 14.1. The highest BCUT2D eigenvalue weighted by atomic mass is 16.3. The van der Waals surface area contributed by atoms with Crippen molar-refractivity contribution >= 4 is 43.9 Å². The number of benzene rings is 7. The maximum Gasteiger partial charge on any atom is 0.261 e. The Bertz CT molecular complexity index is 2130. The van der Waals surface area contributed by atoms with E-state index in [2.05, 4.69) is 84.9 Å². The van der Waals surface area contributed by atoms with Crippen LogP contribution in [0, 0.1) is 0 Å². The smallest absolute Gasteiger partial charge is 0.261 e. The zero-order valence-electron chi connectivity index (χ0n) is 23.1. The lowest BCUT2D eigenvalue weighted by molar-refractivity contribution is 0.0443. The van der Waals surface area contributed by atoms with Crippen molar-refractivity contribution in [1.82, 2.24) is 0 Å². The molecular formula is C39H27NO2. The van der Waals surface area contributed by atoms with Crippen LogP contribution in [0.15, 0.2) is 140 Å². The van der Waals surface area contributed by atoms with Gasteiger partial charge in [0.15, 0.2) is 5.72 Å². The molecule has 1 atom stereocenters. The summed E-state index contributed by atoms with van der Waals surface area (Å²) in [6.07, 6.45) is 0. The Hall–Kier alpha value is -5.25. The zero-order valence-corrected chi connectivity index (χ0v) is 23.1. The molecule has 1 aliphatic rings. The second kappa shape index (κ2) is 9.13. The lowest BCUT2D eigenvalue weighted by Crippen LogP contribution is -2.50. The van der Waals surface area contributed by atoms with Crippen molar-refractivity contribution < 1.29 is 9.90 Å². The lowest BCUT2D eigenvalue weighted by atomic mass is 9.81. The van der Waals surface area contributed by atoms with E-state index in [1.807, 2.05) is 54.6 Å². The number of nitrogens with zero attached hydrogens (tertiary/aromatic N) is 1. The van der Waals surface area contributed by atoms with Crippen LogP contribution in [-0.2, 0) is 5.72 Å². The quantitative estimate of drug-likeness (QED) is 0.227. The van der Waals surface area contributed by atoms with E-state index in [-0.39, 0.29) is 5.91 Å². The normalized spacial score (nSPS) is 16.4. The van der Waals surface area contributed by atoms with E-state index >= 15 is 0 Å². The number of anilines is 1. The molecule has 1 aliphatic heterocycles. The minimum absolute atomic E-state index is 0.212. The fraction of sp³-hybridized carbons (Fsp3) is 0.0513. The number of fused-ring (bicyclic) bond motifs is 2. The molecule has 0 saturated heterocycles. The fourth-order valence-electron chi connectivity index (χ4n) is 6.92. The molecule has 42 heavy (non-hydrogen) atoms. The third-order valence-electron chi connectivity index (χ3n) is 8.70. The van der Waals surface area contributed by atoms with Gasteiger partial charge < -0.3 is 5.11 Å². The van der Waals surface area contributed by atoms with Crippen LogP contribution in [0.2, 0.25) is 0 Å². The molecule has 1 N–H and O–H groups in total. The summed E-state index contributed by atoms with van der Waals surface area (Å²) in [5, 5.41) is 18.4. The summed E-state index contributed by atoms with van der Waals surface area (Å²) < 4.78 is 0. The molecule has 200 valence electrons. The van der Waals surface area contributed by atoms with Crippen molar-refractivity contribution in [2.75, 3.05) is 4.90 Å². The number of carbonyl (C=O) groups excluding carboxylic acids is 1. The van der Waals surface area contributed by atoms with Gasteiger partial charge in [0, 0.05) is 22.2 Å². The van der Waals surface area contributed by atoms with Crippen LogP contribution in [0.4, 0.5) is 5.69 Å². The molecule has 0 aliphatic carbocycles. The van der Waals surface area contributed by atoms with E-state index in [0.717, 1.165) is 38.2 Å². The summed E-state index contributed by atoms with van der Waals surface area (Å²) in [6.45, 7) is 1.71. The molecular weight excluding hydrogens is 514 g/mol. The van der Waals surface area contributed by atoms with E-state index < -0.39 is 5.72 Å². The Balaban J connectivity index is 1.47. The third kappa shape index (κ3) is 3.41. The van der Waals surface area contributed by atoms with Crippen molar-refractivity contribution in [2.45, 2.75) is 12.6 Å². The predicted octanol–water partition coefficient (Wildman–Crippen LogP) is 9.31. The second-order valence-corrected chi connectivity index (χ2v) is 11.1. The first-order valence-corrected chi connectivity index (χ1v) is 14.2. The average molecular weight is 542 g/mol. The molecule has 0 radical (unpaired) electrons. The summed E-state index contributed by atoms with van der Waals surface area (Å²) in [7, 11) is 0. The first-order valence-electron chi connectivity index (χ1n) is 14.2. The van der Waals surface area contributed by atoms with Crippen molar-refractivity contribution in [3.8, 4) is 22.3 Å². The number of para-hydroxylation sites is 1. The van der Waals surface area contributed by atoms with Crippen LogP contribution in [0.1, 0.15) is 22.8 Å². The monoisotopic (exact) mass is 541 g/mol. The molecule has 0 aromatic heterocycles. The number of amides is 1. The molecule has 0 spiro atoms. The van der Waals surface area contributed by atoms with E-state index in [1.54, 1.807) is 6.92 Å². The minimum atomic E-state index is -1.52. The number of hydrogen-bond acceptors (Lipinski definition) is 2. The molecule has 1 heterocycles. The maximum absolute atomic E-state index is 14.1. The topological polar surface area (TPSA) is 40.5 Å². The molecule has 8 rings (SSSR count). The summed E-state index contributed by atoms with van der Waals surface area (Å²) in [6, 6.07) is 47.1. The van der Waals surface area contributed by atoms with Crippen LogP contribution in [-0.4, -0.2) is 11.0 Å². The van der Waals surface area contributed by atoms with E-state index in [1.165, 1.54) is 26.8 Å². The van der Waals surface area contributed by atoms with Gasteiger partial charge in [0.1, 0.15) is 0 Å². The number of rotatable bonds is 3. The molecule has 7 aromatic rings. The highest BCUT2D eigenvalue weighted by Gasteiger charge is 2.43. The molecule has 0 bridgehead atoms. The summed E-state index contributed by atoms with van der Waals surface area (Å²) in [5.74, 6) is -0.212. The standard InChI is InChI=1S/C39H27NO2/c1-39(42)34-22-12-21-31-32(23-24-33(37(31)34)38(41)40(39)26-15-6-3-7-16-26)36-29-19-10-8-17-27(29)35(25-13-4-2-5-14-25)28-18-9-11-20-30(28)36/h2-24,42H,1H3. The Morgan fingerprint density at radius 3 is 1.64 bits per heavy atom. The minimum Gasteiger partial charge on any atom is -0.367 e. The van der Waals surface area contributed by atoms with Gasteiger partial charge in [-0.25, -0.2) is 0 Å². The second-order valence-electron chi connectivity index (χ2n) is 11.1. The first-order chi connectivity index (χ1) is 20.6. The van der Waals surface area contributed by atoms with Crippen LogP contribution >= 0.6 is 0 Å². The van der Waals surface area contributed by atoms with Crippen molar-refractivity contribution in [3.63, 3.8) is 0 Å². The first kappa shape index (κ1) is 24.5. The van der Waals surface area contributed by atoms with E-state index in [0.29, 0.717) is 11.3 Å². The average Bonchev–Trinajstić information content (AvgIpc) is 3.03. The molecule has 1 unspecified atom stereocenters. The van der Waals surface area contributed by atoms with Crippen LogP contribution in [0.3, 0.4) is 0 Å². The van der Waals surface area contributed by atoms with Gasteiger partial charge in [0.05, 0.1) is 0 Å². The van der Waals surface area contributed by atoms with Crippen molar-refractivity contribution in [3.05, 3.63) is 151 Å².